The van der Waals surface area contributed by atoms with Gasteiger partial charge in [-0.05, 0) is 29.5 Å². The van der Waals surface area contributed by atoms with Gasteiger partial charge in [-0.1, -0.05) is 26.0 Å². The first-order chi connectivity index (χ1) is 9.24. The monoisotopic (exact) mass is 289 g/mol. The van der Waals surface area contributed by atoms with E-state index in [1.807, 2.05) is 0 Å². The molecule has 1 rings (SSSR count). The standard InChI is InChI=1S/C15H22F3NO/c1-14(2,11-19-8-9-20-3)10-12-4-6-13(7-5-12)15(16,17)18/h4-7,19H,8-11H2,1-3H3. The molecule has 2 nitrogen and oxygen atoms in total. The third-order valence-electron chi connectivity index (χ3n) is 3.05. The number of hydrogen-bond acceptors (Lipinski definition) is 2. The van der Waals surface area contributed by atoms with Gasteiger partial charge in [0.25, 0.3) is 0 Å². The molecule has 0 saturated heterocycles. The second-order valence-corrected chi connectivity index (χ2v) is 5.71. The molecule has 1 aromatic rings. The fourth-order valence-corrected chi connectivity index (χ4v) is 2.03. The predicted octanol–water partition coefficient (Wildman–Crippen LogP) is 3.51. The molecule has 114 valence electrons. The van der Waals surface area contributed by atoms with Crippen LogP contribution in [-0.4, -0.2) is 26.8 Å². The third kappa shape index (κ3) is 5.92. The molecule has 20 heavy (non-hydrogen) atoms. The van der Waals surface area contributed by atoms with Crippen LogP contribution in [0.3, 0.4) is 0 Å². The molecule has 0 heterocycles. The van der Waals surface area contributed by atoms with Crippen LogP contribution in [0.25, 0.3) is 0 Å². The van der Waals surface area contributed by atoms with E-state index < -0.39 is 11.7 Å². The Bertz CT molecular complexity index is 399. The van der Waals surface area contributed by atoms with Gasteiger partial charge in [0.15, 0.2) is 0 Å². The molecule has 0 saturated carbocycles. The molecule has 5 heteroatoms. The Morgan fingerprint density at radius 2 is 1.70 bits per heavy atom. The van der Waals surface area contributed by atoms with Crippen molar-refractivity contribution in [2.24, 2.45) is 5.41 Å². The second kappa shape index (κ2) is 7.09. The highest BCUT2D eigenvalue weighted by Gasteiger charge is 2.30. The summed E-state index contributed by atoms with van der Waals surface area (Å²) in [6.07, 6.45) is -3.54. The van der Waals surface area contributed by atoms with Crippen molar-refractivity contribution in [2.75, 3.05) is 26.8 Å². The summed E-state index contributed by atoms with van der Waals surface area (Å²) in [5.41, 5.74) is 0.293. The molecular formula is C15H22F3NO. The summed E-state index contributed by atoms with van der Waals surface area (Å²) in [7, 11) is 1.65. The highest BCUT2D eigenvalue weighted by Crippen LogP contribution is 2.30. The molecule has 0 aliphatic heterocycles. The molecule has 0 radical (unpaired) electrons. The minimum Gasteiger partial charge on any atom is -0.383 e. The van der Waals surface area contributed by atoms with E-state index >= 15 is 0 Å². The van der Waals surface area contributed by atoms with E-state index in [0.717, 1.165) is 37.2 Å². The van der Waals surface area contributed by atoms with Crippen LogP contribution in [0, 0.1) is 5.41 Å². The quantitative estimate of drug-likeness (QED) is 0.776. The molecule has 0 atom stereocenters. The Morgan fingerprint density at radius 1 is 1.10 bits per heavy atom. The number of benzene rings is 1. The van der Waals surface area contributed by atoms with Crippen LogP contribution in [0.1, 0.15) is 25.0 Å². The predicted molar refractivity (Wildman–Crippen MR) is 73.7 cm³/mol. The zero-order valence-corrected chi connectivity index (χ0v) is 12.2. The van der Waals surface area contributed by atoms with Gasteiger partial charge in [-0.3, -0.25) is 0 Å². The first-order valence-electron chi connectivity index (χ1n) is 6.60. The molecule has 0 bridgehead atoms. The minimum atomic E-state index is -4.27. The molecule has 0 amide bonds. The summed E-state index contributed by atoms with van der Waals surface area (Å²) < 4.78 is 42.4. The molecule has 0 spiro atoms. The van der Waals surface area contributed by atoms with E-state index in [1.54, 1.807) is 19.2 Å². The van der Waals surface area contributed by atoms with Crippen LogP contribution in [0.2, 0.25) is 0 Å². The summed E-state index contributed by atoms with van der Waals surface area (Å²) in [5, 5.41) is 3.28. The maximum atomic E-state index is 12.5. The van der Waals surface area contributed by atoms with Gasteiger partial charge >= 0.3 is 6.18 Å². The van der Waals surface area contributed by atoms with Crippen molar-refractivity contribution in [3.63, 3.8) is 0 Å². The number of ether oxygens (including phenoxy) is 1. The lowest BCUT2D eigenvalue weighted by molar-refractivity contribution is -0.137. The molecule has 0 aliphatic carbocycles. The number of nitrogens with one attached hydrogen (secondary N) is 1. The average Bonchev–Trinajstić information content (AvgIpc) is 2.34. The van der Waals surface area contributed by atoms with Gasteiger partial charge < -0.3 is 10.1 Å². The van der Waals surface area contributed by atoms with Gasteiger partial charge in [-0.25, -0.2) is 0 Å². The van der Waals surface area contributed by atoms with Crippen LogP contribution in [0.5, 0.6) is 0 Å². The van der Waals surface area contributed by atoms with Crippen LogP contribution >= 0.6 is 0 Å². The molecule has 0 fully saturated rings. The van der Waals surface area contributed by atoms with Gasteiger partial charge in [0, 0.05) is 20.2 Å². The van der Waals surface area contributed by atoms with E-state index in [0.29, 0.717) is 6.61 Å². The maximum Gasteiger partial charge on any atom is 0.416 e. The van der Waals surface area contributed by atoms with Crippen LogP contribution in [0.4, 0.5) is 13.2 Å². The van der Waals surface area contributed by atoms with Gasteiger partial charge in [-0.15, -0.1) is 0 Å². The molecule has 1 aromatic carbocycles. The molecular weight excluding hydrogens is 267 g/mol. The maximum absolute atomic E-state index is 12.5. The van der Waals surface area contributed by atoms with E-state index in [9.17, 15) is 13.2 Å². The van der Waals surface area contributed by atoms with Gasteiger partial charge in [0.1, 0.15) is 0 Å². The molecule has 0 unspecified atom stereocenters. The Kier molecular flexibility index (Phi) is 6.02. The van der Waals surface area contributed by atoms with Crippen LogP contribution in [0.15, 0.2) is 24.3 Å². The number of alkyl halides is 3. The lowest BCUT2D eigenvalue weighted by Crippen LogP contribution is -2.33. The number of rotatable bonds is 7. The topological polar surface area (TPSA) is 21.3 Å². The van der Waals surface area contributed by atoms with Crippen LogP contribution < -0.4 is 5.32 Å². The Balaban J connectivity index is 2.54. The van der Waals surface area contributed by atoms with E-state index in [2.05, 4.69) is 19.2 Å². The molecule has 0 aromatic heterocycles. The number of methoxy groups -OCH3 is 1. The summed E-state index contributed by atoms with van der Waals surface area (Å²) >= 11 is 0. The summed E-state index contributed by atoms with van der Waals surface area (Å²) in [5.74, 6) is 0. The van der Waals surface area contributed by atoms with Gasteiger partial charge in [0.2, 0.25) is 0 Å². The van der Waals surface area contributed by atoms with Crippen molar-refractivity contribution in [1.82, 2.24) is 5.32 Å². The van der Waals surface area contributed by atoms with E-state index in [1.165, 1.54) is 0 Å². The lowest BCUT2D eigenvalue weighted by Gasteiger charge is -2.25. The molecule has 1 N–H and O–H groups in total. The summed E-state index contributed by atoms with van der Waals surface area (Å²) in [6, 6.07) is 5.40. The van der Waals surface area contributed by atoms with Crippen molar-refractivity contribution in [2.45, 2.75) is 26.4 Å². The average molecular weight is 289 g/mol. The van der Waals surface area contributed by atoms with Crippen molar-refractivity contribution >= 4 is 0 Å². The summed E-state index contributed by atoms with van der Waals surface area (Å²) in [6.45, 7) is 6.38. The lowest BCUT2D eigenvalue weighted by atomic mass is 9.85. The first kappa shape index (κ1) is 17.0. The SMILES string of the molecule is COCCNCC(C)(C)Cc1ccc(C(F)(F)F)cc1. The Hall–Kier alpha value is -1.07. The van der Waals surface area contributed by atoms with Crippen molar-refractivity contribution < 1.29 is 17.9 Å². The van der Waals surface area contributed by atoms with E-state index in [-0.39, 0.29) is 5.41 Å². The second-order valence-electron chi connectivity index (χ2n) is 5.71. The minimum absolute atomic E-state index is 0.0203. The number of hydrogen-bond donors (Lipinski definition) is 1. The normalized spacial score (nSPS) is 12.7. The van der Waals surface area contributed by atoms with Gasteiger partial charge in [0.05, 0.1) is 12.2 Å². The fraction of sp³-hybridized carbons (Fsp3) is 0.600. The molecule has 0 aliphatic rings. The highest BCUT2D eigenvalue weighted by molar-refractivity contribution is 5.25. The third-order valence-corrected chi connectivity index (χ3v) is 3.05. The largest absolute Gasteiger partial charge is 0.416 e. The summed E-state index contributed by atoms with van der Waals surface area (Å²) in [4.78, 5) is 0. The fourth-order valence-electron chi connectivity index (χ4n) is 2.03. The number of halogens is 3. The smallest absolute Gasteiger partial charge is 0.383 e. The highest BCUT2D eigenvalue weighted by atomic mass is 19.4. The Morgan fingerprint density at radius 3 is 2.20 bits per heavy atom. The van der Waals surface area contributed by atoms with E-state index in [4.69, 9.17) is 4.74 Å². The van der Waals surface area contributed by atoms with Gasteiger partial charge in [-0.2, -0.15) is 13.2 Å². The Labute approximate surface area is 118 Å². The first-order valence-corrected chi connectivity index (χ1v) is 6.60. The zero-order valence-electron chi connectivity index (χ0n) is 12.2. The van der Waals surface area contributed by atoms with Crippen molar-refractivity contribution in [1.29, 1.82) is 0 Å². The van der Waals surface area contributed by atoms with Crippen LogP contribution in [-0.2, 0) is 17.3 Å². The zero-order chi connectivity index (χ0) is 15.2. The van der Waals surface area contributed by atoms with Crippen molar-refractivity contribution in [3.8, 4) is 0 Å². The van der Waals surface area contributed by atoms with Crippen molar-refractivity contribution in [3.05, 3.63) is 35.4 Å².